The summed E-state index contributed by atoms with van der Waals surface area (Å²) >= 11 is 0. The number of carbonyl (C=O) groups is 1. The third kappa shape index (κ3) is 6.67. The summed E-state index contributed by atoms with van der Waals surface area (Å²) in [5, 5.41) is 35.6. The molecule has 0 aromatic rings. The van der Waals surface area contributed by atoms with E-state index in [0.717, 1.165) is 53.7 Å². The van der Waals surface area contributed by atoms with E-state index in [1.165, 1.54) is 0 Å². The molecule has 3 fully saturated rings. The van der Waals surface area contributed by atoms with Gasteiger partial charge in [-0.2, -0.15) is 0 Å². The molecule has 0 saturated carbocycles. The molecule has 12 atom stereocenters. The zero-order valence-electron chi connectivity index (χ0n) is 31.7. The van der Waals surface area contributed by atoms with Gasteiger partial charge in [0, 0.05) is 54.8 Å². The molecule has 0 aromatic carbocycles. The number of hydrogen-bond donors (Lipinski definition) is 3. The number of hydrogen-bond acceptors (Lipinski definition) is 9. The number of rotatable bonds is 1. The van der Waals surface area contributed by atoms with Crippen LogP contribution in [0.15, 0.2) is 51.6 Å². The Bertz CT molecular complexity index is 1540. The standard InChI is InChI=1S/C42H61NO8/c1-24-8-9-34(44)37-40(22-27(4)28(5)23-43-37)14-12-32(36-20-26(3)38(46)48-36)29(6)33(40)19-25(2)35(45)21-31-11-15-41(49-31)16-17-42(51-41)39(7,47)13-10-30(18-24)50-42/h19-20,27-28,30-31,33-36,44-45,47H,1,8-18,21-23H2,2-7H3/b25-19+. The number of aliphatic imine (C=N–C) groups is 1. The van der Waals surface area contributed by atoms with Crippen LogP contribution in [-0.4, -0.2) is 81.2 Å². The lowest BCUT2D eigenvalue weighted by Crippen LogP contribution is -2.60. The Morgan fingerprint density at radius 3 is 2.41 bits per heavy atom. The maximum absolute atomic E-state index is 12.5. The van der Waals surface area contributed by atoms with Crippen molar-refractivity contribution >= 4 is 11.7 Å². The normalized spacial score (nSPS) is 47.8. The van der Waals surface area contributed by atoms with Crippen LogP contribution in [0.3, 0.4) is 0 Å². The predicted octanol–water partition coefficient (Wildman–Crippen LogP) is 6.80. The van der Waals surface area contributed by atoms with Gasteiger partial charge in [0.15, 0.2) is 5.79 Å². The van der Waals surface area contributed by atoms with Crippen molar-refractivity contribution in [3.63, 3.8) is 0 Å². The zero-order valence-corrected chi connectivity index (χ0v) is 31.7. The Morgan fingerprint density at radius 2 is 1.67 bits per heavy atom. The maximum atomic E-state index is 12.5. The van der Waals surface area contributed by atoms with Crippen molar-refractivity contribution < 1.29 is 39.1 Å². The molecule has 12 unspecified atom stereocenters. The molecule has 3 spiro atoms. The molecule has 7 aliphatic rings. The van der Waals surface area contributed by atoms with Gasteiger partial charge in [-0.3, -0.25) is 4.99 Å². The summed E-state index contributed by atoms with van der Waals surface area (Å²) in [5.41, 5.74) is 3.96. The average Bonchev–Trinajstić information content (AvgIpc) is 3.72. The third-order valence-corrected chi connectivity index (χ3v) is 14.0. The molecule has 51 heavy (non-hydrogen) atoms. The highest BCUT2D eigenvalue weighted by Crippen LogP contribution is 2.56. The van der Waals surface area contributed by atoms with Crippen molar-refractivity contribution in [1.29, 1.82) is 0 Å². The number of aliphatic hydroxyl groups is 3. The molecule has 0 amide bonds. The van der Waals surface area contributed by atoms with E-state index in [2.05, 4.69) is 33.4 Å². The fourth-order valence-electron chi connectivity index (χ4n) is 10.5. The van der Waals surface area contributed by atoms with E-state index >= 15 is 0 Å². The summed E-state index contributed by atoms with van der Waals surface area (Å²) in [5.74, 6) is -1.71. The number of cyclic esters (lactones) is 1. The van der Waals surface area contributed by atoms with Crippen LogP contribution in [0.25, 0.3) is 0 Å². The summed E-state index contributed by atoms with van der Waals surface area (Å²) in [4.78, 5) is 17.8. The molecule has 0 aromatic heterocycles. The van der Waals surface area contributed by atoms with Gasteiger partial charge in [-0.25, -0.2) is 4.79 Å². The van der Waals surface area contributed by atoms with E-state index in [9.17, 15) is 20.1 Å². The molecule has 9 heteroatoms. The van der Waals surface area contributed by atoms with Crippen LogP contribution in [0, 0.1) is 23.2 Å². The zero-order chi connectivity index (χ0) is 36.5. The summed E-state index contributed by atoms with van der Waals surface area (Å²) in [6.07, 6.45) is 10.3. The van der Waals surface area contributed by atoms with Crippen molar-refractivity contribution in [1.82, 2.24) is 0 Å². The minimum absolute atomic E-state index is 0.154. The summed E-state index contributed by atoms with van der Waals surface area (Å²) in [6, 6.07) is 0. The first-order valence-corrected chi connectivity index (χ1v) is 19.7. The van der Waals surface area contributed by atoms with Gasteiger partial charge in [0.25, 0.3) is 0 Å². The number of fused-ring (bicyclic) bond motifs is 2. The molecule has 282 valence electrons. The largest absolute Gasteiger partial charge is 0.450 e. The minimum atomic E-state index is -1.16. The molecule has 9 nitrogen and oxygen atoms in total. The number of carbonyl (C=O) groups excluding carboxylic acids is 1. The Hall–Kier alpha value is -2.14. The van der Waals surface area contributed by atoms with Crippen LogP contribution < -0.4 is 0 Å². The van der Waals surface area contributed by atoms with Gasteiger partial charge in [0.2, 0.25) is 5.79 Å². The molecule has 1 aliphatic carbocycles. The lowest BCUT2D eigenvalue weighted by molar-refractivity contribution is -0.387. The van der Waals surface area contributed by atoms with Gasteiger partial charge in [-0.15, -0.1) is 0 Å². The first-order chi connectivity index (χ1) is 24.1. The highest BCUT2D eigenvalue weighted by Gasteiger charge is 2.64. The van der Waals surface area contributed by atoms with Gasteiger partial charge in [-0.05, 0) is 115 Å². The van der Waals surface area contributed by atoms with Crippen molar-refractivity contribution in [2.75, 3.05) is 6.54 Å². The maximum Gasteiger partial charge on any atom is 0.334 e. The average molecular weight is 708 g/mol. The molecule has 6 aliphatic heterocycles. The minimum Gasteiger partial charge on any atom is -0.450 e. The molecule has 4 bridgehead atoms. The molecule has 6 heterocycles. The predicted molar refractivity (Wildman–Crippen MR) is 195 cm³/mol. The van der Waals surface area contributed by atoms with Crippen LogP contribution in [-0.2, 0) is 23.7 Å². The van der Waals surface area contributed by atoms with Gasteiger partial charge < -0.3 is 34.3 Å². The van der Waals surface area contributed by atoms with Crippen LogP contribution in [0.2, 0.25) is 0 Å². The van der Waals surface area contributed by atoms with Gasteiger partial charge in [0.1, 0.15) is 11.7 Å². The van der Waals surface area contributed by atoms with Crippen molar-refractivity contribution in [2.45, 2.75) is 173 Å². The quantitative estimate of drug-likeness (QED) is 0.201. The molecular formula is C42H61NO8. The Kier molecular flexibility index (Phi) is 9.93. The SMILES string of the molecule is C=C1CCC(O)C2=NCC(C)C(C)CC23CCC(C2C=C(C)C(=O)O2)=C(C)C3/C=C(\C)C(O)CC2CCC3(CCC4(OC(CCC4(C)O)C1)O3)O2. The van der Waals surface area contributed by atoms with Crippen molar-refractivity contribution in [3.8, 4) is 0 Å². The second kappa shape index (κ2) is 13.6. The van der Waals surface area contributed by atoms with E-state index in [4.69, 9.17) is 23.9 Å². The van der Waals surface area contributed by atoms with Gasteiger partial charge in [-0.1, -0.05) is 37.6 Å². The van der Waals surface area contributed by atoms with E-state index in [1.807, 2.05) is 19.9 Å². The van der Waals surface area contributed by atoms with Crippen LogP contribution in [0.1, 0.15) is 125 Å². The fraction of sp³-hybridized carbons (Fsp3) is 0.762. The lowest BCUT2D eigenvalue weighted by Gasteiger charge is -2.49. The first-order valence-electron chi connectivity index (χ1n) is 19.7. The van der Waals surface area contributed by atoms with E-state index < -0.39 is 40.9 Å². The Labute approximate surface area is 304 Å². The molecule has 3 saturated heterocycles. The first kappa shape index (κ1) is 37.2. The lowest BCUT2D eigenvalue weighted by atomic mass is 9.56. The number of esters is 1. The van der Waals surface area contributed by atoms with E-state index in [1.54, 1.807) is 6.92 Å². The highest BCUT2D eigenvalue weighted by molar-refractivity contribution is 5.95. The van der Waals surface area contributed by atoms with E-state index in [0.29, 0.717) is 81.7 Å². The number of ether oxygens (including phenoxy) is 4. The Morgan fingerprint density at radius 1 is 0.902 bits per heavy atom. The van der Waals surface area contributed by atoms with Crippen LogP contribution >= 0.6 is 0 Å². The number of allylic oxidation sites excluding steroid dienone is 2. The number of nitrogens with zero attached hydrogens (tertiary/aromatic N) is 1. The summed E-state index contributed by atoms with van der Waals surface area (Å²) in [6.45, 7) is 17.4. The molecule has 7 rings (SSSR count). The molecular weight excluding hydrogens is 646 g/mol. The topological polar surface area (TPSA) is 127 Å². The Balaban J connectivity index is 1.29. The van der Waals surface area contributed by atoms with Crippen molar-refractivity contribution in [2.24, 2.45) is 28.2 Å². The van der Waals surface area contributed by atoms with Crippen LogP contribution in [0.5, 0.6) is 0 Å². The molecule has 0 radical (unpaired) electrons. The van der Waals surface area contributed by atoms with Crippen LogP contribution in [0.4, 0.5) is 0 Å². The van der Waals surface area contributed by atoms with Gasteiger partial charge in [0.05, 0.1) is 24.4 Å². The fourth-order valence-corrected chi connectivity index (χ4v) is 10.5. The highest BCUT2D eigenvalue weighted by atomic mass is 16.8. The van der Waals surface area contributed by atoms with Gasteiger partial charge >= 0.3 is 5.97 Å². The summed E-state index contributed by atoms with van der Waals surface area (Å²) in [7, 11) is 0. The van der Waals surface area contributed by atoms with E-state index in [-0.39, 0.29) is 24.1 Å². The summed E-state index contributed by atoms with van der Waals surface area (Å²) < 4.78 is 26.0. The second-order valence-corrected chi connectivity index (χ2v) is 17.7. The number of aliphatic hydroxyl groups excluding tert-OH is 2. The molecule has 3 N–H and O–H groups in total. The third-order valence-electron chi connectivity index (χ3n) is 14.0. The second-order valence-electron chi connectivity index (χ2n) is 17.7. The van der Waals surface area contributed by atoms with Crippen molar-refractivity contribution in [3.05, 3.63) is 46.6 Å². The monoisotopic (exact) mass is 707 g/mol. The smallest absolute Gasteiger partial charge is 0.334 e.